The molecule has 2 aromatic carbocycles. The van der Waals surface area contributed by atoms with Gasteiger partial charge >= 0.3 is 6.03 Å². The lowest BCUT2D eigenvalue weighted by molar-refractivity contribution is 0.240. The zero-order valence-corrected chi connectivity index (χ0v) is 17.2. The standard InChI is InChI=1S/C22H29N3O4/c1-4-16(2)17-9-11-19(12-10-17)28-13-6-14-29-21-18(15-24-25-22(23)26)7-5-8-20(21)27-3/h5,7-12,15-16H,4,6,13-14H2,1-3H3,(H3,23,25,26). The summed E-state index contributed by atoms with van der Waals surface area (Å²) >= 11 is 0. The molecule has 1 atom stereocenters. The molecule has 3 N–H and O–H groups in total. The van der Waals surface area contributed by atoms with Crippen LogP contribution >= 0.6 is 0 Å². The number of hydrazone groups is 1. The molecular weight excluding hydrogens is 370 g/mol. The van der Waals surface area contributed by atoms with Crippen LogP contribution in [0.1, 0.15) is 43.7 Å². The van der Waals surface area contributed by atoms with E-state index < -0.39 is 6.03 Å². The van der Waals surface area contributed by atoms with Gasteiger partial charge in [-0.15, -0.1) is 0 Å². The molecule has 0 spiro atoms. The highest BCUT2D eigenvalue weighted by atomic mass is 16.5. The molecule has 0 radical (unpaired) electrons. The molecule has 7 heteroatoms. The van der Waals surface area contributed by atoms with Crippen molar-refractivity contribution in [1.82, 2.24) is 5.43 Å². The molecular formula is C22H29N3O4. The van der Waals surface area contributed by atoms with Gasteiger partial charge < -0.3 is 19.9 Å². The van der Waals surface area contributed by atoms with Crippen LogP contribution in [0, 0.1) is 0 Å². The van der Waals surface area contributed by atoms with Crippen molar-refractivity contribution in [3.8, 4) is 17.2 Å². The second-order valence-corrected chi connectivity index (χ2v) is 6.54. The first kappa shape index (κ1) is 22.1. The third kappa shape index (κ3) is 7.03. The van der Waals surface area contributed by atoms with Crippen molar-refractivity contribution in [1.29, 1.82) is 0 Å². The minimum Gasteiger partial charge on any atom is -0.493 e. The molecule has 0 saturated carbocycles. The van der Waals surface area contributed by atoms with Crippen LogP contribution in [0.2, 0.25) is 0 Å². The van der Waals surface area contributed by atoms with Crippen LogP contribution in [0.3, 0.4) is 0 Å². The summed E-state index contributed by atoms with van der Waals surface area (Å²) in [5.41, 5.74) is 9.15. The fraction of sp³-hybridized carbons (Fsp3) is 0.364. The fourth-order valence-corrected chi connectivity index (χ4v) is 2.67. The number of rotatable bonds is 11. The number of ether oxygens (including phenoxy) is 3. The van der Waals surface area contributed by atoms with E-state index in [0.717, 1.165) is 12.2 Å². The van der Waals surface area contributed by atoms with Crippen LogP contribution in [0.15, 0.2) is 47.6 Å². The molecule has 1 unspecified atom stereocenters. The summed E-state index contributed by atoms with van der Waals surface area (Å²) in [5.74, 6) is 2.52. The van der Waals surface area contributed by atoms with Gasteiger partial charge in [-0.25, -0.2) is 10.2 Å². The van der Waals surface area contributed by atoms with Crippen molar-refractivity contribution in [2.45, 2.75) is 32.6 Å². The van der Waals surface area contributed by atoms with E-state index in [4.69, 9.17) is 19.9 Å². The van der Waals surface area contributed by atoms with E-state index in [1.807, 2.05) is 18.2 Å². The van der Waals surface area contributed by atoms with E-state index >= 15 is 0 Å². The number of benzene rings is 2. The van der Waals surface area contributed by atoms with Crippen molar-refractivity contribution >= 4 is 12.2 Å². The van der Waals surface area contributed by atoms with Crippen molar-refractivity contribution < 1.29 is 19.0 Å². The molecule has 29 heavy (non-hydrogen) atoms. The number of nitrogens with zero attached hydrogens (tertiary/aromatic N) is 1. The molecule has 0 heterocycles. The number of nitrogens with two attached hydrogens (primary N) is 1. The Balaban J connectivity index is 1.86. The normalized spacial score (nSPS) is 11.8. The van der Waals surface area contributed by atoms with E-state index in [1.165, 1.54) is 11.8 Å². The van der Waals surface area contributed by atoms with Gasteiger partial charge in [0.25, 0.3) is 0 Å². The fourth-order valence-electron chi connectivity index (χ4n) is 2.67. The predicted molar refractivity (Wildman–Crippen MR) is 114 cm³/mol. The zero-order valence-electron chi connectivity index (χ0n) is 17.2. The molecule has 2 amide bonds. The summed E-state index contributed by atoms with van der Waals surface area (Å²) in [6.45, 7) is 5.37. The average molecular weight is 399 g/mol. The Morgan fingerprint density at radius 2 is 1.90 bits per heavy atom. The summed E-state index contributed by atoms with van der Waals surface area (Å²) in [6, 6.07) is 12.9. The molecule has 156 valence electrons. The molecule has 0 aliphatic carbocycles. The molecule has 0 aliphatic rings. The summed E-state index contributed by atoms with van der Waals surface area (Å²) in [5, 5.41) is 3.78. The van der Waals surface area contributed by atoms with Gasteiger partial charge in [-0.05, 0) is 42.2 Å². The molecule has 7 nitrogen and oxygen atoms in total. The number of hydrogen-bond donors (Lipinski definition) is 2. The number of urea groups is 1. The number of hydrogen-bond acceptors (Lipinski definition) is 5. The third-order valence-corrected chi connectivity index (χ3v) is 4.47. The van der Waals surface area contributed by atoms with Gasteiger partial charge in [0.1, 0.15) is 5.75 Å². The number of amides is 2. The number of primary amides is 1. The van der Waals surface area contributed by atoms with Crippen LogP contribution in [0.25, 0.3) is 0 Å². The number of para-hydroxylation sites is 1. The summed E-state index contributed by atoms with van der Waals surface area (Å²) in [6.07, 6.45) is 3.27. The predicted octanol–water partition coefficient (Wildman–Crippen LogP) is 4.06. The largest absolute Gasteiger partial charge is 0.493 e. The van der Waals surface area contributed by atoms with E-state index in [2.05, 4.69) is 36.5 Å². The maximum absolute atomic E-state index is 10.8. The number of methoxy groups -OCH3 is 1. The number of carbonyl (C=O) groups excluding carboxylic acids is 1. The molecule has 0 bridgehead atoms. The molecule has 2 aromatic rings. The first-order valence-corrected chi connectivity index (χ1v) is 9.66. The quantitative estimate of drug-likeness (QED) is 0.338. The van der Waals surface area contributed by atoms with Gasteiger partial charge in [-0.3, -0.25) is 0 Å². The second kappa shape index (κ2) is 11.6. The maximum atomic E-state index is 10.8. The van der Waals surface area contributed by atoms with Gasteiger partial charge in [0, 0.05) is 12.0 Å². The molecule has 0 saturated heterocycles. The van der Waals surface area contributed by atoms with Gasteiger partial charge in [-0.1, -0.05) is 32.0 Å². The Bertz CT molecular complexity index is 806. The first-order valence-electron chi connectivity index (χ1n) is 9.66. The average Bonchev–Trinajstić information content (AvgIpc) is 2.73. The Kier molecular flexibility index (Phi) is 8.82. The zero-order chi connectivity index (χ0) is 21.1. The van der Waals surface area contributed by atoms with E-state index in [-0.39, 0.29) is 0 Å². The lowest BCUT2D eigenvalue weighted by Gasteiger charge is -2.14. The van der Waals surface area contributed by atoms with Crippen LogP contribution < -0.4 is 25.4 Å². The highest BCUT2D eigenvalue weighted by Gasteiger charge is 2.09. The summed E-state index contributed by atoms with van der Waals surface area (Å²) in [7, 11) is 1.57. The highest BCUT2D eigenvalue weighted by Crippen LogP contribution is 2.30. The lowest BCUT2D eigenvalue weighted by Crippen LogP contribution is -2.24. The lowest BCUT2D eigenvalue weighted by atomic mass is 9.99. The Labute approximate surface area is 171 Å². The second-order valence-electron chi connectivity index (χ2n) is 6.54. The van der Waals surface area contributed by atoms with Crippen molar-refractivity contribution in [3.05, 3.63) is 53.6 Å². The van der Waals surface area contributed by atoms with Crippen LogP contribution in [-0.2, 0) is 0 Å². The Hall–Kier alpha value is -3.22. The van der Waals surface area contributed by atoms with Crippen molar-refractivity contribution in [2.75, 3.05) is 20.3 Å². The van der Waals surface area contributed by atoms with E-state index in [9.17, 15) is 4.79 Å². The third-order valence-electron chi connectivity index (χ3n) is 4.47. The van der Waals surface area contributed by atoms with Crippen LogP contribution in [0.4, 0.5) is 4.79 Å². The monoisotopic (exact) mass is 399 g/mol. The highest BCUT2D eigenvalue weighted by molar-refractivity contribution is 5.86. The van der Waals surface area contributed by atoms with Crippen molar-refractivity contribution in [3.63, 3.8) is 0 Å². The number of carbonyl (C=O) groups is 1. The van der Waals surface area contributed by atoms with E-state index in [1.54, 1.807) is 19.2 Å². The SMILES string of the molecule is CCC(C)c1ccc(OCCCOc2c(C=NNC(N)=O)cccc2OC)cc1. The maximum Gasteiger partial charge on any atom is 0.332 e. The van der Waals surface area contributed by atoms with Gasteiger partial charge in [0.2, 0.25) is 0 Å². The van der Waals surface area contributed by atoms with E-state index in [0.29, 0.717) is 42.6 Å². The van der Waals surface area contributed by atoms with Crippen LogP contribution in [-0.4, -0.2) is 32.6 Å². The van der Waals surface area contributed by atoms with Gasteiger partial charge in [0.15, 0.2) is 11.5 Å². The minimum atomic E-state index is -0.735. The molecule has 0 aromatic heterocycles. The molecule has 2 rings (SSSR count). The molecule has 0 fully saturated rings. The minimum absolute atomic E-state index is 0.440. The Morgan fingerprint density at radius 1 is 1.17 bits per heavy atom. The van der Waals surface area contributed by atoms with Crippen molar-refractivity contribution in [2.24, 2.45) is 10.8 Å². The Morgan fingerprint density at radius 3 is 2.55 bits per heavy atom. The smallest absolute Gasteiger partial charge is 0.332 e. The summed E-state index contributed by atoms with van der Waals surface area (Å²) < 4.78 is 17.0. The van der Waals surface area contributed by atoms with Gasteiger partial charge in [-0.2, -0.15) is 5.10 Å². The molecule has 0 aliphatic heterocycles. The first-order chi connectivity index (χ1) is 14.0. The topological polar surface area (TPSA) is 95.2 Å². The summed E-state index contributed by atoms with van der Waals surface area (Å²) in [4.78, 5) is 10.8. The van der Waals surface area contributed by atoms with Gasteiger partial charge in [0.05, 0.1) is 26.5 Å². The van der Waals surface area contributed by atoms with Crippen LogP contribution in [0.5, 0.6) is 17.2 Å². The number of nitrogens with one attached hydrogen (secondary N) is 1.